The smallest absolute Gasteiger partial charge is 0.822 e. The second-order valence-corrected chi connectivity index (χ2v) is 3.57. The van der Waals surface area contributed by atoms with Crippen molar-refractivity contribution in [1.82, 2.24) is 0 Å². The Morgan fingerprint density at radius 3 is 1.19 bits per heavy atom. The molecule has 0 amide bonds. The Hall–Kier alpha value is 4.82. The van der Waals surface area contributed by atoms with Crippen molar-refractivity contribution in [3.05, 3.63) is 34.3 Å². The summed E-state index contributed by atoms with van der Waals surface area (Å²) in [5.41, 5.74) is 0. The first-order valence-electron chi connectivity index (χ1n) is 2.94. The molecular formula is C6H4Cl2K3O4P. The van der Waals surface area contributed by atoms with Crippen molar-refractivity contribution in [2.45, 2.75) is 0 Å². The second kappa shape index (κ2) is 16.2. The zero-order valence-corrected chi connectivity index (χ0v) is 20.9. The molecule has 1 aromatic carbocycles. The summed E-state index contributed by atoms with van der Waals surface area (Å²) in [6, 6.07) is 7.19. The number of hydrogen-bond acceptors (Lipinski definition) is 4. The molecule has 4 nitrogen and oxygen atoms in total. The maximum Gasteiger partial charge on any atom is 1.00 e. The van der Waals surface area contributed by atoms with Crippen molar-refractivity contribution in [1.29, 1.82) is 0 Å². The van der Waals surface area contributed by atoms with Crippen LogP contribution in [-0.4, -0.2) is 0 Å². The minimum atomic E-state index is -5.39. The Morgan fingerprint density at radius 1 is 0.875 bits per heavy atom. The first-order valence-corrected chi connectivity index (χ1v) is 5.15. The summed E-state index contributed by atoms with van der Waals surface area (Å²) in [7, 11) is -5.39. The molecule has 0 aliphatic heterocycles. The van der Waals surface area contributed by atoms with Crippen molar-refractivity contribution in [2.24, 2.45) is 0 Å². The molecule has 0 spiro atoms. The van der Waals surface area contributed by atoms with Crippen LogP contribution >= 0.6 is 31.0 Å². The zero-order valence-electron chi connectivity index (χ0n) is 9.15. The predicted molar refractivity (Wildman–Crippen MR) is 44.1 cm³/mol. The van der Waals surface area contributed by atoms with E-state index in [1.165, 1.54) is 0 Å². The molecule has 0 saturated carbocycles. The van der Waals surface area contributed by atoms with E-state index in [0.717, 1.165) is 0 Å². The number of benzene rings is 1. The van der Waals surface area contributed by atoms with Crippen LogP contribution in [0.5, 0.6) is 0 Å². The Kier molecular flexibility index (Phi) is 29.3. The summed E-state index contributed by atoms with van der Waals surface area (Å²) < 4.78 is 8.55. The molecule has 0 aliphatic carbocycles. The number of halogens is 2. The summed E-state index contributed by atoms with van der Waals surface area (Å²) in [6.45, 7) is 0. The van der Waals surface area contributed by atoms with Crippen molar-refractivity contribution < 1.29 is 173 Å². The molecule has 74 valence electrons. The van der Waals surface area contributed by atoms with E-state index in [9.17, 15) is 0 Å². The van der Waals surface area contributed by atoms with Crippen LogP contribution in [0.2, 0.25) is 10.0 Å². The molecule has 0 heterocycles. The molecule has 1 aromatic rings. The summed E-state index contributed by atoms with van der Waals surface area (Å²) in [5, 5.41) is 1.21. The van der Waals surface area contributed by atoms with Crippen LogP contribution in [0.3, 0.4) is 0 Å². The van der Waals surface area contributed by atoms with Crippen LogP contribution in [0.25, 0.3) is 0 Å². The molecule has 0 radical (unpaired) electrons. The van der Waals surface area contributed by atoms with E-state index < -0.39 is 7.82 Å². The Bertz CT molecular complexity index is 293. The van der Waals surface area contributed by atoms with Gasteiger partial charge in [-0.05, 0) is 12.1 Å². The summed E-state index contributed by atoms with van der Waals surface area (Å²) >= 11 is 11.2. The Balaban J connectivity index is -0.0000000818. The van der Waals surface area contributed by atoms with Gasteiger partial charge in [0.25, 0.3) is 0 Å². The van der Waals surface area contributed by atoms with E-state index in [4.69, 9.17) is 42.4 Å². The van der Waals surface area contributed by atoms with Crippen molar-refractivity contribution in [2.75, 3.05) is 0 Å². The summed E-state index contributed by atoms with van der Waals surface area (Å²) in [4.78, 5) is 25.6. The normalized spacial score (nSPS) is 8.31. The first kappa shape index (κ1) is 28.9. The van der Waals surface area contributed by atoms with Crippen LogP contribution < -0.4 is 169 Å². The SMILES string of the molecule is Clc1ccccc1Cl.O=P([O-])([O-])[O-].[K+].[K+].[K+]. The number of phosphoric acid groups is 1. The van der Waals surface area contributed by atoms with E-state index in [-0.39, 0.29) is 154 Å². The van der Waals surface area contributed by atoms with Gasteiger partial charge in [-0.3, -0.25) is 0 Å². The van der Waals surface area contributed by atoms with Crippen molar-refractivity contribution >= 4 is 31.0 Å². The fourth-order valence-electron chi connectivity index (χ4n) is 0.439. The van der Waals surface area contributed by atoms with E-state index >= 15 is 0 Å². The minimum Gasteiger partial charge on any atom is -0.822 e. The molecular weight excluding hydrogens is 355 g/mol. The molecule has 0 atom stereocenters. The van der Waals surface area contributed by atoms with Crippen LogP contribution in [0.1, 0.15) is 0 Å². The van der Waals surface area contributed by atoms with Crippen LogP contribution in [0, 0.1) is 0 Å². The number of rotatable bonds is 0. The van der Waals surface area contributed by atoms with Gasteiger partial charge in [0, 0.05) is 0 Å². The second-order valence-electron chi connectivity index (χ2n) is 1.86. The quantitative estimate of drug-likeness (QED) is 0.340. The molecule has 0 unspecified atom stereocenters. The fourth-order valence-corrected chi connectivity index (χ4v) is 0.711. The molecule has 0 bridgehead atoms. The molecule has 0 aromatic heterocycles. The van der Waals surface area contributed by atoms with Gasteiger partial charge in [-0.2, -0.15) is 7.82 Å². The predicted octanol–water partition coefficient (Wildman–Crippen LogP) is -8.82. The molecule has 10 heteroatoms. The Labute approximate surface area is 232 Å². The summed E-state index contributed by atoms with van der Waals surface area (Å²) in [5.74, 6) is 0. The van der Waals surface area contributed by atoms with Gasteiger partial charge in [0.15, 0.2) is 0 Å². The maximum atomic E-state index is 8.55. The van der Waals surface area contributed by atoms with Gasteiger partial charge in [-0.25, -0.2) is 0 Å². The van der Waals surface area contributed by atoms with Crippen LogP contribution in [0.4, 0.5) is 0 Å². The molecule has 0 N–H and O–H groups in total. The minimum absolute atomic E-state index is 0. The van der Waals surface area contributed by atoms with Gasteiger partial charge in [-0.15, -0.1) is 0 Å². The van der Waals surface area contributed by atoms with E-state index in [1.54, 1.807) is 12.1 Å². The Morgan fingerprint density at radius 2 is 1.06 bits per heavy atom. The molecule has 0 saturated heterocycles. The van der Waals surface area contributed by atoms with E-state index in [2.05, 4.69) is 0 Å². The van der Waals surface area contributed by atoms with Crippen molar-refractivity contribution in [3.63, 3.8) is 0 Å². The van der Waals surface area contributed by atoms with Gasteiger partial charge in [-0.1, -0.05) is 35.3 Å². The average Bonchev–Trinajstić information content (AvgIpc) is 1.92. The third-order valence-corrected chi connectivity index (χ3v) is 1.58. The first-order chi connectivity index (χ1) is 5.80. The largest absolute Gasteiger partial charge is 1.00 e. The van der Waals surface area contributed by atoms with E-state index in [1.807, 2.05) is 12.1 Å². The third kappa shape index (κ3) is 23.9. The zero-order chi connectivity index (χ0) is 10.5. The maximum absolute atomic E-state index is 8.55. The van der Waals surface area contributed by atoms with Gasteiger partial charge in [0.1, 0.15) is 0 Å². The average molecular weight is 359 g/mol. The molecule has 0 fully saturated rings. The van der Waals surface area contributed by atoms with E-state index in [0.29, 0.717) is 10.0 Å². The van der Waals surface area contributed by atoms with Gasteiger partial charge in [0.2, 0.25) is 0 Å². The van der Waals surface area contributed by atoms with Gasteiger partial charge in [0.05, 0.1) is 10.0 Å². The number of hydrogen-bond donors (Lipinski definition) is 0. The third-order valence-electron chi connectivity index (χ3n) is 0.824. The monoisotopic (exact) mass is 358 g/mol. The standard InChI is InChI=1S/C6H4Cl2.3K.H3O4P/c7-5-3-1-2-4-6(5)8;;;;1-5(2,3)4/h1-4H;;;;(H3,1,2,3,4)/q;3*+1;/p-3. The van der Waals surface area contributed by atoms with Crippen molar-refractivity contribution in [3.8, 4) is 0 Å². The van der Waals surface area contributed by atoms with Crippen LogP contribution in [0.15, 0.2) is 24.3 Å². The summed E-state index contributed by atoms with van der Waals surface area (Å²) in [6.07, 6.45) is 0. The molecule has 1 rings (SSSR count). The molecule has 0 aliphatic rings. The molecule has 16 heavy (non-hydrogen) atoms. The fraction of sp³-hybridized carbons (Fsp3) is 0. The van der Waals surface area contributed by atoms with Gasteiger partial charge >= 0.3 is 154 Å². The topological polar surface area (TPSA) is 86.2 Å². The van der Waals surface area contributed by atoms with Crippen LogP contribution in [-0.2, 0) is 4.57 Å². The van der Waals surface area contributed by atoms with Gasteiger partial charge < -0.3 is 19.2 Å².